The topological polar surface area (TPSA) is 55.1 Å². The lowest BCUT2D eigenvalue weighted by Crippen LogP contribution is -2.53. The number of hydrogen-bond donors (Lipinski definition) is 2. The predicted molar refractivity (Wildman–Crippen MR) is 76.9 cm³/mol. The van der Waals surface area contributed by atoms with E-state index in [-0.39, 0.29) is 23.9 Å². The highest BCUT2D eigenvalue weighted by Crippen LogP contribution is 2.39. The molecule has 3 nitrogen and oxygen atoms in total. The van der Waals surface area contributed by atoms with Crippen molar-refractivity contribution >= 4 is 45.6 Å². The van der Waals surface area contributed by atoms with E-state index in [2.05, 4.69) is 21.2 Å². The van der Waals surface area contributed by atoms with E-state index in [1.165, 1.54) is 24.2 Å². The molecule has 0 saturated heterocycles. The minimum atomic E-state index is -0.243. The van der Waals surface area contributed by atoms with Crippen molar-refractivity contribution in [2.45, 2.75) is 25.3 Å². The Kier molecular flexibility index (Phi) is 5.01. The average molecular weight is 340 g/mol. The van der Waals surface area contributed by atoms with Crippen molar-refractivity contribution < 1.29 is 4.79 Å². The highest BCUT2D eigenvalue weighted by atomic mass is 79.9. The minimum Gasteiger partial charge on any atom is -0.345 e. The van der Waals surface area contributed by atoms with E-state index in [4.69, 9.17) is 5.73 Å². The Bertz CT molecular complexity index is 408. The molecule has 3 N–H and O–H groups in total. The molecule has 1 aliphatic carbocycles. The normalized spacial score (nSPS) is 18.1. The Morgan fingerprint density at radius 3 is 2.76 bits per heavy atom. The van der Waals surface area contributed by atoms with Crippen LogP contribution < -0.4 is 11.1 Å². The summed E-state index contributed by atoms with van der Waals surface area (Å²) in [6.45, 7) is 2.53. The summed E-state index contributed by atoms with van der Waals surface area (Å²) in [5, 5.41) is 4.97. The van der Waals surface area contributed by atoms with Crippen LogP contribution in [0.15, 0.2) is 15.9 Å². The second kappa shape index (κ2) is 5.69. The molecule has 6 heteroatoms. The van der Waals surface area contributed by atoms with Gasteiger partial charge in [0, 0.05) is 16.4 Å². The van der Waals surface area contributed by atoms with Crippen LogP contribution in [-0.2, 0) is 0 Å². The fourth-order valence-corrected chi connectivity index (χ4v) is 3.11. The standard InChI is InChI=1S/C11H15BrN2OS.ClH/c1-11(6-13,7-2-3-7)14-10(15)9-4-8(12)5-16-9;/h4-5,7H,2-3,6,13H2,1H3,(H,14,15);1H. The van der Waals surface area contributed by atoms with Gasteiger partial charge in [0.2, 0.25) is 0 Å². The zero-order valence-electron chi connectivity index (χ0n) is 9.53. The summed E-state index contributed by atoms with van der Waals surface area (Å²) in [6, 6.07) is 1.84. The summed E-state index contributed by atoms with van der Waals surface area (Å²) in [5.74, 6) is 0.528. The van der Waals surface area contributed by atoms with Crippen LogP contribution in [0.1, 0.15) is 29.4 Å². The minimum absolute atomic E-state index is 0. The van der Waals surface area contributed by atoms with E-state index in [9.17, 15) is 4.79 Å². The zero-order valence-corrected chi connectivity index (χ0v) is 12.8. The van der Waals surface area contributed by atoms with Crippen molar-refractivity contribution in [3.63, 3.8) is 0 Å². The van der Waals surface area contributed by atoms with Gasteiger partial charge in [-0.05, 0) is 47.7 Å². The van der Waals surface area contributed by atoms with Crippen molar-refractivity contribution in [2.75, 3.05) is 6.54 Å². The van der Waals surface area contributed by atoms with Gasteiger partial charge in [-0.25, -0.2) is 0 Å². The highest BCUT2D eigenvalue weighted by Gasteiger charge is 2.41. The van der Waals surface area contributed by atoms with Crippen LogP contribution in [0.3, 0.4) is 0 Å². The molecule has 0 bridgehead atoms. The van der Waals surface area contributed by atoms with Gasteiger partial charge < -0.3 is 11.1 Å². The fourth-order valence-electron chi connectivity index (χ4n) is 1.79. The first-order chi connectivity index (χ1) is 7.55. The maximum Gasteiger partial charge on any atom is 0.261 e. The fraction of sp³-hybridized carbons (Fsp3) is 0.545. The Hall–Kier alpha value is -0.100. The number of amides is 1. The van der Waals surface area contributed by atoms with Crippen LogP contribution in [0, 0.1) is 5.92 Å². The number of thiophene rings is 1. The molecule has 1 unspecified atom stereocenters. The lowest BCUT2D eigenvalue weighted by atomic mass is 9.96. The van der Waals surface area contributed by atoms with E-state index >= 15 is 0 Å². The molecule has 1 aromatic rings. The number of nitrogens with one attached hydrogen (secondary N) is 1. The molecule has 1 atom stereocenters. The first-order valence-electron chi connectivity index (χ1n) is 5.32. The summed E-state index contributed by atoms with van der Waals surface area (Å²) >= 11 is 4.79. The largest absolute Gasteiger partial charge is 0.345 e. The van der Waals surface area contributed by atoms with E-state index in [1.807, 2.05) is 18.4 Å². The molecule has 1 fully saturated rings. The van der Waals surface area contributed by atoms with E-state index in [0.29, 0.717) is 12.5 Å². The van der Waals surface area contributed by atoms with Gasteiger partial charge in [-0.2, -0.15) is 0 Å². The van der Waals surface area contributed by atoms with Gasteiger partial charge in [0.1, 0.15) is 0 Å². The number of rotatable bonds is 4. The van der Waals surface area contributed by atoms with Crippen LogP contribution >= 0.6 is 39.7 Å². The third-order valence-electron chi connectivity index (χ3n) is 3.09. The SMILES string of the molecule is CC(CN)(NC(=O)c1cc(Br)cs1)C1CC1.Cl. The van der Waals surface area contributed by atoms with Crippen LogP contribution in [-0.4, -0.2) is 18.0 Å². The molecule has 1 heterocycles. The number of hydrogen-bond acceptors (Lipinski definition) is 3. The van der Waals surface area contributed by atoms with Crippen molar-refractivity contribution in [3.8, 4) is 0 Å². The van der Waals surface area contributed by atoms with Gasteiger partial charge >= 0.3 is 0 Å². The third kappa shape index (κ3) is 3.44. The summed E-state index contributed by atoms with van der Waals surface area (Å²) in [7, 11) is 0. The lowest BCUT2D eigenvalue weighted by molar-refractivity contribution is 0.0902. The summed E-state index contributed by atoms with van der Waals surface area (Å²) in [5.41, 5.74) is 5.52. The maximum absolute atomic E-state index is 12.0. The molecule has 1 aromatic heterocycles. The molecule has 0 aliphatic heterocycles. The molecule has 1 aliphatic rings. The summed E-state index contributed by atoms with van der Waals surface area (Å²) in [6.07, 6.45) is 2.34. The Morgan fingerprint density at radius 1 is 1.71 bits per heavy atom. The summed E-state index contributed by atoms with van der Waals surface area (Å²) < 4.78 is 0.948. The van der Waals surface area contributed by atoms with Gasteiger partial charge in [0.15, 0.2) is 0 Å². The van der Waals surface area contributed by atoms with Crippen molar-refractivity contribution in [2.24, 2.45) is 11.7 Å². The van der Waals surface area contributed by atoms with E-state index in [0.717, 1.165) is 9.35 Å². The molecule has 0 aromatic carbocycles. The van der Waals surface area contributed by atoms with Crippen LogP contribution in [0.25, 0.3) is 0 Å². The smallest absolute Gasteiger partial charge is 0.261 e. The van der Waals surface area contributed by atoms with Crippen LogP contribution in [0.2, 0.25) is 0 Å². The molecule has 17 heavy (non-hydrogen) atoms. The molecule has 1 amide bonds. The molecule has 96 valence electrons. The van der Waals surface area contributed by atoms with Gasteiger partial charge in [-0.3, -0.25) is 4.79 Å². The number of halogens is 2. The molecular weight excluding hydrogens is 324 g/mol. The van der Waals surface area contributed by atoms with Gasteiger partial charge in [0.05, 0.1) is 10.4 Å². The summed E-state index contributed by atoms with van der Waals surface area (Å²) in [4.78, 5) is 12.7. The first kappa shape index (κ1) is 15.0. The first-order valence-corrected chi connectivity index (χ1v) is 6.99. The van der Waals surface area contributed by atoms with Gasteiger partial charge in [-0.15, -0.1) is 23.7 Å². The second-order valence-corrected chi connectivity index (χ2v) is 6.31. The van der Waals surface area contributed by atoms with Crippen molar-refractivity contribution in [1.82, 2.24) is 5.32 Å². The molecule has 0 spiro atoms. The number of carbonyl (C=O) groups is 1. The van der Waals surface area contributed by atoms with E-state index in [1.54, 1.807) is 0 Å². The van der Waals surface area contributed by atoms with Gasteiger partial charge in [-0.1, -0.05) is 0 Å². The number of carbonyl (C=O) groups excluding carboxylic acids is 1. The quantitative estimate of drug-likeness (QED) is 0.886. The molecule has 2 rings (SSSR count). The number of nitrogens with two attached hydrogens (primary N) is 1. The predicted octanol–water partition coefficient (Wildman–Crippen LogP) is 2.79. The Morgan fingerprint density at radius 2 is 2.35 bits per heavy atom. The van der Waals surface area contributed by atoms with Crippen molar-refractivity contribution in [1.29, 1.82) is 0 Å². The van der Waals surface area contributed by atoms with E-state index < -0.39 is 0 Å². The third-order valence-corrected chi connectivity index (χ3v) is 4.78. The molecule has 0 radical (unpaired) electrons. The Balaban J connectivity index is 0.00000144. The van der Waals surface area contributed by atoms with Crippen LogP contribution in [0.5, 0.6) is 0 Å². The zero-order chi connectivity index (χ0) is 11.8. The van der Waals surface area contributed by atoms with Gasteiger partial charge in [0.25, 0.3) is 5.91 Å². The monoisotopic (exact) mass is 338 g/mol. The maximum atomic E-state index is 12.0. The molecular formula is C11H16BrClN2OS. The molecule has 1 saturated carbocycles. The van der Waals surface area contributed by atoms with Crippen molar-refractivity contribution in [3.05, 3.63) is 20.8 Å². The second-order valence-electron chi connectivity index (χ2n) is 4.48. The van der Waals surface area contributed by atoms with Crippen LogP contribution in [0.4, 0.5) is 0 Å². The highest BCUT2D eigenvalue weighted by molar-refractivity contribution is 9.10. The average Bonchev–Trinajstić information content (AvgIpc) is 3.02. The lowest BCUT2D eigenvalue weighted by Gasteiger charge is -2.29. The Labute approximate surface area is 120 Å².